The van der Waals surface area contributed by atoms with Crippen LogP contribution < -0.4 is 4.90 Å². The van der Waals surface area contributed by atoms with Crippen LogP contribution in [-0.2, 0) is 6.54 Å². The van der Waals surface area contributed by atoms with E-state index in [1.54, 1.807) is 0 Å². The van der Waals surface area contributed by atoms with Crippen LogP contribution in [0.1, 0.15) is 31.2 Å². The average molecular weight is 338 g/mol. The molecule has 0 bridgehead atoms. The quantitative estimate of drug-likeness (QED) is 0.808. The van der Waals surface area contributed by atoms with E-state index >= 15 is 0 Å². The molecule has 1 heterocycles. The third kappa shape index (κ3) is 5.07. The lowest BCUT2D eigenvalue weighted by atomic mass is 9.93. The summed E-state index contributed by atoms with van der Waals surface area (Å²) in [6, 6.07) is 19.4. The molecule has 1 N–H and O–H groups in total. The second-order valence-electron chi connectivity index (χ2n) is 7.17. The number of piperidine rings is 1. The van der Waals surface area contributed by atoms with Gasteiger partial charge >= 0.3 is 0 Å². The van der Waals surface area contributed by atoms with Crippen molar-refractivity contribution in [2.45, 2.75) is 32.2 Å². The average Bonchev–Trinajstić information content (AvgIpc) is 2.67. The summed E-state index contributed by atoms with van der Waals surface area (Å²) in [5.41, 5.74) is 3.81. The van der Waals surface area contributed by atoms with Gasteiger partial charge in [0.2, 0.25) is 0 Å². The van der Waals surface area contributed by atoms with Crippen LogP contribution in [0, 0.1) is 5.92 Å². The van der Waals surface area contributed by atoms with Crippen LogP contribution in [0.4, 0.5) is 11.4 Å². The molecule has 2 aromatic rings. The van der Waals surface area contributed by atoms with Crippen LogP contribution in [0.25, 0.3) is 0 Å². The maximum absolute atomic E-state index is 9.03. The van der Waals surface area contributed by atoms with E-state index in [9.17, 15) is 0 Å². The van der Waals surface area contributed by atoms with Crippen molar-refractivity contribution in [1.29, 1.82) is 0 Å². The molecule has 0 spiro atoms. The summed E-state index contributed by atoms with van der Waals surface area (Å²) in [4.78, 5) is 4.79. The van der Waals surface area contributed by atoms with Gasteiger partial charge in [-0.05, 0) is 68.0 Å². The van der Waals surface area contributed by atoms with Gasteiger partial charge in [0.15, 0.2) is 0 Å². The minimum absolute atomic E-state index is 0.326. The fourth-order valence-corrected chi connectivity index (χ4v) is 3.79. The predicted octanol–water partition coefficient (Wildman–Crippen LogP) is 4.44. The molecule has 0 radical (unpaired) electrons. The SMILES string of the molecule is CN(c1ccccc1)c1ccc(CN2CCC[C@H](CCCO)C2)cc1. The van der Waals surface area contributed by atoms with Gasteiger partial charge in [-0.3, -0.25) is 4.90 Å². The first kappa shape index (κ1) is 18.0. The minimum atomic E-state index is 0.326. The molecule has 134 valence electrons. The van der Waals surface area contributed by atoms with Gasteiger partial charge in [-0.2, -0.15) is 0 Å². The maximum Gasteiger partial charge on any atom is 0.0431 e. The van der Waals surface area contributed by atoms with Crippen molar-refractivity contribution in [3.05, 3.63) is 60.2 Å². The Balaban J connectivity index is 1.57. The highest BCUT2D eigenvalue weighted by Gasteiger charge is 2.19. The van der Waals surface area contributed by atoms with Gasteiger partial charge in [-0.15, -0.1) is 0 Å². The summed E-state index contributed by atoms with van der Waals surface area (Å²) >= 11 is 0. The van der Waals surface area contributed by atoms with Crippen LogP contribution >= 0.6 is 0 Å². The first-order chi connectivity index (χ1) is 12.3. The highest BCUT2D eigenvalue weighted by Crippen LogP contribution is 2.25. The molecule has 3 heteroatoms. The maximum atomic E-state index is 9.03. The second-order valence-corrected chi connectivity index (χ2v) is 7.17. The molecule has 0 aliphatic carbocycles. The summed E-state index contributed by atoms with van der Waals surface area (Å²) in [6.45, 7) is 3.73. The lowest BCUT2D eigenvalue weighted by Gasteiger charge is -2.32. The Labute approximate surface area is 151 Å². The molecule has 3 nitrogen and oxygen atoms in total. The number of aliphatic hydroxyl groups is 1. The van der Waals surface area contributed by atoms with Gasteiger partial charge in [0.25, 0.3) is 0 Å². The number of benzene rings is 2. The van der Waals surface area contributed by atoms with Crippen molar-refractivity contribution < 1.29 is 5.11 Å². The van der Waals surface area contributed by atoms with Crippen LogP contribution in [0.2, 0.25) is 0 Å². The van der Waals surface area contributed by atoms with Crippen LogP contribution in [0.15, 0.2) is 54.6 Å². The van der Waals surface area contributed by atoms with Crippen LogP contribution in [0.3, 0.4) is 0 Å². The lowest BCUT2D eigenvalue weighted by Crippen LogP contribution is -2.34. The summed E-state index contributed by atoms with van der Waals surface area (Å²) < 4.78 is 0. The van der Waals surface area contributed by atoms with E-state index in [4.69, 9.17) is 5.11 Å². The normalized spacial score (nSPS) is 18.2. The van der Waals surface area contributed by atoms with E-state index < -0.39 is 0 Å². The summed E-state index contributed by atoms with van der Waals surface area (Å²) in [5, 5.41) is 9.03. The molecular weight excluding hydrogens is 308 g/mol. The molecule has 0 unspecified atom stereocenters. The van der Waals surface area contributed by atoms with Gasteiger partial charge in [0.05, 0.1) is 0 Å². The molecule has 25 heavy (non-hydrogen) atoms. The third-order valence-corrected chi connectivity index (χ3v) is 5.25. The Bertz CT molecular complexity index is 626. The zero-order chi connectivity index (χ0) is 17.5. The highest BCUT2D eigenvalue weighted by molar-refractivity contribution is 5.62. The summed E-state index contributed by atoms with van der Waals surface area (Å²) in [5.74, 6) is 0.754. The number of hydrogen-bond acceptors (Lipinski definition) is 3. The number of para-hydroxylation sites is 1. The fraction of sp³-hybridized carbons (Fsp3) is 0.455. The fourth-order valence-electron chi connectivity index (χ4n) is 3.79. The largest absolute Gasteiger partial charge is 0.396 e. The smallest absolute Gasteiger partial charge is 0.0431 e. The molecule has 1 aliphatic rings. The Morgan fingerprint density at radius 3 is 2.48 bits per heavy atom. The van der Waals surface area contributed by atoms with E-state index in [1.165, 1.54) is 42.9 Å². The van der Waals surface area contributed by atoms with Crippen molar-refractivity contribution in [2.75, 3.05) is 31.6 Å². The van der Waals surface area contributed by atoms with Crippen LogP contribution in [-0.4, -0.2) is 36.8 Å². The Morgan fingerprint density at radius 2 is 1.76 bits per heavy atom. The monoisotopic (exact) mass is 338 g/mol. The molecule has 2 aromatic carbocycles. The van der Waals surface area contributed by atoms with Gasteiger partial charge in [0.1, 0.15) is 0 Å². The topological polar surface area (TPSA) is 26.7 Å². The number of likely N-dealkylation sites (tertiary alicyclic amines) is 1. The molecular formula is C22H30N2O. The first-order valence-corrected chi connectivity index (χ1v) is 9.47. The van der Waals surface area contributed by atoms with Crippen molar-refractivity contribution in [2.24, 2.45) is 5.92 Å². The van der Waals surface area contributed by atoms with Gasteiger partial charge in [-0.25, -0.2) is 0 Å². The van der Waals surface area contributed by atoms with E-state index in [-0.39, 0.29) is 0 Å². The number of anilines is 2. The standard InChI is InChI=1S/C22H30N2O/c1-23(21-9-3-2-4-10-21)22-13-11-20(12-14-22)18-24-15-5-7-19(17-24)8-6-16-25/h2-4,9-14,19,25H,5-8,15-18H2,1H3/t19-/m1/s1. The Morgan fingerprint density at radius 1 is 1.04 bits per heavy atom. The zero-order valence-corrected chi connectivity index (χ0v) is 15.3. The zero-order valence-electron chi connectivity index (χ0n) is 15.3. The van der Waals surface area contributed by atoms with Crippen LogP contribution in [0.5, 0.6) is 0 Å². The molecule has 1 saturated heterocycles. The Kier molecular flexibility index (Phi) is 6.48. The van der Waals surface area contributed by atoms with Gasteiger partial charge in [-0.1, -0.05) is 30.3 Å². The molecule has 1 atom stereocenters. The number of hydrogen-bond donors (Lipinski definition) is 1. The molecule has 1 fully saturated rings. The number of rotatable bonds is 7. The second kappa shape index (κ2) is 9.02. The summed E-state index contributed by atoms with van der Waals surface area (Å²) in [7, 11) is 2.11. The van der Waals surface area contributed by atoms with E-state index in [2.05, 4.69) is 65.4 Å². The summed E-state index contributed by atoms with van der Waals surface area (Å²) in [6.07, 6.45) is 4.70. The number of nitrogens with zero attached hydrogens (tertiary/aromatic N) is 2. The number of aliphatic hydroxyl groups excluding tert-OH is 1. The predicted molar refractivity (Wildman–Crippen MR) is 105 cm³/mol. The lowest BCUT2D eigenvalue weighted by molar-refractivity contribution is 0.153. The van der Waals surface area contributed by atoms with E-state index in [0.29, 0.717) is 6.61 Å². The molecule has 0 saturated carbocycles. The van der Waals surface area contributed by atoms with E-state index in [0.717, 1.165) is 25.3 Å². The van der Waals surface area contributed by atoms with Crippen molar-refractivity contribution >= 4 is 11.4 Å². The third-order valence-electron chi connectivity index (χ3n) is 5.25. The van der Waals surface area contributed by atoms with Gasteiger partial charge in [0, 0.05) is 38.1 Å². The molecule has 0 amide bonds. The Hall–Kier alpha value is -1.84. The van der Waals surface area contributed by atoms with Gasteiger partial charge < -0.3 is 10.0 Å². The molecule has 3 rings (SSSR count). The minimum Gasteiger partial charge on any atom is -0.396 e. The van der Waals surface area contributed by atoms with Crippen molar-refractivity contribution in [1.82, 2.24) is 4.90 Å². The molecule has 1 aliphatic heterocycles. The molecule has 0 aromatic heterocycles. The van der Waals surface area contributed by atoms with Crippen molar-refractivity contribution in [3.8, 4) is 0 Å². The highest BCUT2D eigenvalue weighted by atomic mass is 16.2. The van der Waals surface area contributed by atoms with E-state index in [1.807, 2.05) is 6.07 Å². The first-order valence-electron chi connectivity index (χ1n) is 9.47. The van der Waals surface area contributed by atoms with Crippen molar-refractivity contribution in [3.63, 3.8) is 0 Å².